The molecule has 0 saturated carbocycles. The molecular formula is C21H28IN7O2S. The van der Waals surface area contributed by atoms with Crippen LogP contribution in [-0.4, -0.2) is 44.8 Å². The molecule has 0 spiro atoms. The van der Waals surface area contributed by atoms with E-state index >= 15 is 0 Å². The maximum Gasteiger partial charge on any atom is 0.350 e. The second-order valence-electron chi connectivity index (χ2n) is 6.72. The normalized spacial score (nSPS) is 12.1. The molecule has 3 heterocycles. The van der Waals surface area contributed by atoms with Crippen LogP contribution in [0.25, 0.3) is 5.82 Å². The molecule has 2 N–H and O–H groups in total. The minimum atomic E-state index is -0.331. The molecular weight excluding hydrogens is 541 g/mol. The van der Waals surface area contributed by atoms with Crippen molar-refractivity contribution in [3.63, 3.8) is 0 Å². The van der Waals surface area contributed by atoms with E-state index in [4.69, 9.17) is 4.74 Å². The summed E-state index contributed by atoms with van der Waals surface area (Å²) in [6, 6.07) is 5.62. The maximum atomic E-state index is 12.1. The molecule has 3 aromatic heterocycles. The van der Waals surface area contributed by atoms with E-state index in [1.54, 1.807) is 24.0 Å². The fourth-order valence-electron chi connectivity index (χ4n) is 2.83. The van der Waals surface area contributed by atoms with Crippen LogP contribution in [0.15, 0.2) is 41.8 Å². The summed E-state index contributed by atoms with van der Waals surface area (Å²) in [4.78, 5) is 26.2. The Morgan fingerprint density at radius 2 is 2.16 bits per heavy atom. The van der Waals surface area contributed by atoms with E-state index in [1.807, 2.05) is 45.2 Å². The van der Waals surface area contributed by atoms with Crippen molar-refractivity contribution in [2.45, 2.75) is 40.3 Å². The van der Waals surface area contributed by atoms with Crippen molar-refractivity contribution in [2.24, 2.45) is 4.99 Å². The van der Waals surface area contributed by atoms with Crippen LogP contribution in [0.1, 0.15) is 52.7 Å². The minimum absolute atomic E-state index is 0. The van der Waals surface area contributed by atoms with Gasteiger partial charge >= 0.3 is 5.97 Å². The van der Waals surface area contributed by atoms with Crippen LogP contribution in [0.3, 0.4) is 0 Å². The van der Waals surface area contributed by atoms with Crippen molar-refractivity contribution < 1.29 is 9.53 Å². The third kappa shape index (κ3) is 6.73. The van der Waals surface area contributed by atoms with Gasteiger partial charge in [0.15, 0.2) is 11.8 Å². The number of nitrogens with zero attached hydrogens (tertiary/aromatic N) is 5. The van der Waals surface area contributed by atoms with Crippen LogP contribution in [0.5, 0.6) is 0 Å². The number of rotatable bonds is 8. The average Bonchev–Trinajstić information content (AvgIpc) is 3.43. The average molecular weight is 569 g/mol. The predicted molar refractivity (Wildman–Crippen MR) is 136 cm³/mol. The Kier molecular flexibility index (Phi) is 10.0. The van der Waals surface area contributed by atoms with Crippen molar-refractivity contribution >= 4 is 47.2 Å². The molecule has 3 aromatic rings. The van der Waals surface area contributed by atoms with Crippen LogP contribution in [0, 0.1) is 6.92 Å². The van der Waals surface area contributed by atoms with Crippen molar-refractivity contribution in [1.82, 2.24) is 30.4 Å². The zero-order valence-electron chi connectivity index (χ0n) is 18.5. The molecule has 172 valence electrons. The Morgan fingerprint density at radius 3 is 2.84 bits per heavy atom. The highest BCUT2D eigenvalue weighted by atomic mass is 127. The van der Waals surface area contributed by atoms with Gasteiger partial charge in [-0.2, -0.15) is 5.10 Å². The van der Waals surface area contributed by atoms with Crippen molar-refractivity contribution in [3.05, 3.63) is 57.9 Å². The van der Waals surface area contributed by atoms with Crippen molar-refractivity contribution in [2.75, 3.05) is 13.2 Å². The maximum absolute atomic E-state index is 12.1. The van der Waals surface area contributed by atoms with Gasteiger partial charge in [-0.05, 0) is 51.5 Å². The number of thiazole rings is 1. The number of carbonyl (C=O) groups is 1. The third-order valence-corrected chi connectivity index (χ3v) is 5.63. The van der Waals surface area contributed by atoms with Gasteiger partial charge in [-0.15, -0.1) is 35.3 Å². The summed E-state index contributed by atoms with van der Waals surface area (Å²) in [6.07, 6.45) is 5.32. The molecule has 0 bridgehead atoms. The lowest BCUT2D eigenvalue weighted by Crippen LogP contribution is -2.38. The molecule has 0 saturated heterocycles. The van der Waals surface area contributed by atoms with Crippen LogP contribution in [0.4, 0.5) is 0 Å². The molecule has 1 unspecified atom stereocenters. The van der Waals surface area contributed by atoms with Crippen LogP contribution in [0.2, 0.25) is 0 Å². The second kappa shape index (κ2) is 12.5. The summed E-state index contributed by atoms with van der Waals surface area (Å²) in [7, 11) is 0. The van der Waals surface area contributed by atoms with E-state index in [1.165, 1.54) is 11.3 Å². The smallest absolute Gasteiger partial charge is 0.350 e. The quantitative estimate of drug-likeness (QED) is 0.185. The third-order valence-electron chi connectivity index (χ3n) is 4.31. The Morgan fingerprint density at radius 1 is 1.34 bits per heavy atom. The molecule has 0 fully saturated rings. The Bertz CT molecular complexity index is 1040. The van der Waals surface area contributed by atoms with E-state index in [2.05, 4.69) is 30.7 Å². The van der Waals surface area contributed by atoms with E-state index in [0.717, 1.165) is 22.9 Å². The standard InChI is InChI=1S/C21H27N7O2S.HI/c1-5-22-21(24-13-16-8-10-23-17(12-16)28-11-7-9-25-28)27-15(4)19-26-14(3)18(31-19)20(29)30-6-2;/h7-12,15H,5-6,13H2,1-4H3,(H2,22,24,27);1H. The number of aliphatic imine (C=N–C) groups is 1. The number of nitrogens with one attached hydrogen (secondary N) is 2. The number of esters is 1. The lowest BCUT2D eigenvalue weighted by atomic mass is 10.2. The molecule has 0 radical (unpaired) electrons. The van der Waals surface area contributed by atoms with Crippen molar-refractivity contribution in [3.8, 4) is 5.82 Å². The molecule has 11 heteroatoms. The lowest BCUT2D eigenvalue weighted by Gasteiger charge is -2.16. The van der Waals surface area contributed by atoms with Gasteiger partial charge in [-0.25, -0.2) is 24.4 Å². The number of hydrogen-bond donors (Lipinski definition) is 2. The SMILES string of the molecule is CCNC(=NCc1ccnc(-n2cccn2)c1)NC(C)c1nc(C)c(C(=O)OCC)s1.I. The molecule has 0 aromatic carbocycles. The first-order valence-electron chi connectivity index (χ1n) is 10.2. The summed E-state index contributed by atoms with van der Waals surface area (Å²) in [5.41, 5.74) is 1.69. The molecule has 0 aliphatic carbocycles. The zero-order valence-corrected chi connectivity index (χ0v) is 21.7. The molecule has 0 amide bonds. The summed E-state index contributed by atoms with van der Waals surface area (Å²) in [5, 5.41) is 11.6. The Hall–Kier alpha value is -2.54. The molecule has 3 rings (SSSR count). The summed E-state index contributed by atoms with van der Waals surface area (Å²) in [5.74, 6) is 1.08. The van der Waals surface area contributed by atoms with Crippen LogP contribution in [-0.2, 0) is 11.3 Å². The molecule has 9 nitrogen and oxygen atoms in total. The first kappa shape index (κ1) is 25.7. The van der Waals surface area contributed by atoms with Crippen LogP contribution >= 0.6 is 35.3 Å². The summed E-state index contributed by atoms with van der Waals surface area (Å²) >= 11 is 1.34. The Labute approximate surface area is 208 Å². The number of aromatic nitrogens is 4. The molecule has 0 aliphatic rings. The van der Waals surface area contributed by atoms with E-state index in [0.29, 0.717) is 29.7 Å². The van der Waals surface area contributed by atoms with Gasteiger partial charge in [-0.3, -0.25) is 0 Å². The summed E-state index contributed by atoms with van der Waals surface area (Å²) in [6.45, 7) is 9.15. The zero-order chi connectivity index (χ0) is 22.2. The number of guanidine groups is 1. The predicted octanol–water partition coefficient (Wildman–Crippen LogP) is 3.64. The van der Waals surface area contributed by atoms with Gasteiger partial charge in [0.25, 0.3) is 0 Å². The monoisotopic (exact) mass is 569 g/mol. The highest BCUT2D eigenvalue weighted by Crippen LogP contribution is 2.24. The lowest BCUT2D eigenvalue weighted by molar-refractivity contribution is 0.0531. The van der Waals surface area contributed by atoms with E-state index in [-0.39, 0.29) is 36.0 Å². The fraction of sp³-hybridized carbons (Fsp3) is 0.381. The topological polar surface area (TPSA) is 106 Å². The molecule has 1 atom stereocenters. The van der Waals surface area contributed by atoms with Gasteiger partial charge in [0.1, 0.15) is 9.88 Å². The highest BCUT2D eigenvalue weighted by molar-refractivity contribution is 14.0. The van der Waals surface area contributed by atoms with Crippen molar-refractivity contribution in [1.29, 1.82) is 0 Å². The number of hydrogen-bond acceptors (Lipinski definition) is 7. The van der Waals surface area contributed by atoms with E-state index < -0.39 is 0 Å². The summed E-state index contributed by atoms with van der Waals surface area (Å²) < 4.78 is 6.82. The minimum Gasteiger partial charge on any atom is -0.462 e. The van der Waals surface area contributed by atoms with Gasteiger partial charge in [-0.1, -0.05) is 0 Å². The first-order chi connectivity index (χ1) is 15.0. The highest BCUT2D eigenvalue weighted by Gasteiger charge is 2.20. The number of ether oxygens (including phenoxy) is 1. The number of pyridine rings is 1. The molecule has 0 aliphatic heterocycles. The van der Waals surface area contributed by atoms with Gasteiger partial charge in [0, 0.05) is 25.1 Å². The number of carbonyl (C=O) groups excluding carboxylic acids is 1. The van der Waals surface area contributed by atoms with Gasteiger partial charge < -0.3 is 15.4 Å². The van der Waals surface area contributed by atoms with Gasteiger partial charge in [0.2, 0.25) is 0 Å². The Balaban J connectivity index is 0.00000363. The van der Waals surface area contributed by atoms with E-state index in [9.17, 15) is 4.79 Å². The largest absolute Gasteiger partial charge is 0.462 e. The number of halogens is 1. The van der Waals surface area contributed by atoms with Gasteiger partial charge in [0.05, 0.1) is 24.9 Å². The fourth-order valence-corrected chi connectivity index (χ4v) is 3.80. The first-order valence-corrected chi connectivity index (χ1v) is 11.0. The second-order valence-corrected chi connectivity index (χ2v) is 7.75. The molecule has 32 heavy (non-hydrogen) atoms. The number of aryl methyl sites for hydroxylation is 1. The van der Waals surface area contributed by atoms with Crippen LogP contribution < -0.4 is 10.6 Å².